The largest absolute Gasteiger partial charge is 0.336 e. The molecule has 10 heteroatoms. The number of hydrogen-bond donors (Lipinski definition) is 2. The van der Waals surface area contributed by atoms with Crippen LogP contribution in [-0.2, 0) is 13.5 Å². The first kappa shape index (κ1) is 31.6. The number of pyridine rings is 1. The van der Waals surface area contributed by atoms with Crippen molar-refractivity contribution < 1.29 is 9.59 Å². The van der Waals surface area contributed by atoms with Crippen molar-refractivity contribution in [1.29, 1.82) is 0 Å². The van der Waals surface area contributed by atoms with Crippen LogP contribution < -0.4 is 16.2 Å². The molecule has 3 heterocycles. The number of nitrogens with one attached hydrogen (secondary N) is 2. The molecule has 45 heavy (non-hydrogen) atoms. The van der Waals surface area contributed by atoms with Crippen molar-refractivity contribution >= 4 is 29.0 Å². The number of unbranched alkanes of at least 4 members (excludes halogenated alkanes) is 1. The second kappa shape index (κ2) is 14.3. The number of aryl methyl sites for hydroxylation is 2. The Morgan fingerprint density at radius 3 is 2.42 bits per heavy atom. The van der Waals surface area contributed by atoms with Crippen molar-refractivity contribution in [3.63, 3.8) is 0 Å². The lowest BCUT2D eigenvalue weighted by molar-refractivity contribution is 0.0643. The lowest BCUT2D eigenvalue weighted by Crippen LogP contribution is -2.48. The average molecular weight is 608 g/mol. The van der Waals surface area contributed by atoms with Crippen LogP contribution in [-0.4, -0.2) is 68.9 Å². The maximum atomic E-state index is 13.3. The van der Waals surface area contributed by atoms with E-state index in [1.54, 1.807) is 55.8 Å². The van der Waals surface area contributed by atoms with Gasteiger partial charge in [0.2, 0.25) is 0 Å². The molecule has 1 aliphatic heterocycles. The lowest BCUT2D eigenvalue weighted by Gasteiger charge is -2.34. The number of anilines is 3. The molecule has 0 atom stereocenters. The van der Waals surface area contributed by atoms with Crippen LogP contribution in [0, 0.1) is 6.92 Å². The number of benzene rings is 2. The molecule has 1 fully saturated rings. The third-order valence-corrected chi connectivity index (χ3v) is 8.33. The molecule has 0 spiro atoms. The van der Waals surface area contributed by atoms with Gasteiger partial charge in [-0.25, -0.2) is 4.98 Å². The molecule has 0 radical (unpaired) electrons. The summed E-state index contributed by atoms with van der Waals surface area (Å²) in [5.74, 6) is -0.0404. The smallest absolute Gasteiger partial charge is 0.293 e. The van der Waals surface area contributed by atoms with Gasteiger partial charge in [0.1, 0.15) is 0 Å². The van der Waals surface area contributed by atoms with Gasteiger partial charge in [-0.3, -0.25) is 19.4 Å². The molecule has 10 nitrogen and oxygen atoms in total. The van der Waals surface area contributed by atoms with E-state index in [1.807, 2.05) is 30.0 Å². The quantitative estimate of drug-likeness (QED) is 0.253. The zero-order valence-electron chi connectivity index (χ0n) is 26.5. The van der Waals surface area contributed by atoms with E-state index >= 15 is 0 Å². The number of aromatic nitrogens is 3. The fourth-order valence-corrected chi connectivity index (χ4v) is 5.53. The molecule has 2 N–H and O–H groups in total. The van der Waals surface area contributed by atoms with Crippen molar-refractivity contribution in [3.8, 4) is 11.3 Å². The van der Waals surface area contributed by atoms with Crippen LogP contribution in [0.3, 0.4) is 0 Å². The second-order valence-electron chi connectivity index (χ2n) is 11.4. The lowest BCUT2D eigenvalue weighted by atomic mass is 10.0. The van der Waals surface area contributed by atoms with E-state index in [2.05, 4.69) is 39.3 Å². The van der Waals surface area contributed by atoms with Gasteiger partial charge in [-0.05, 0) is 74.3 Å². The molecule has 0 saturated carbocycles. The Morgan fingerprint density at radius 1 is 0.956 bits per heavy atom. The van der Waals surface area contributed by atoms with Crippen molar-refractivity contribution in [2.24, 2.45) is 7.05 Å². The summed E-state index contributed by atoms with van der Waals surface area (Å²) in [5, 5.41) is 6.19. The summed E-state index contributed by atoms with van der Waals surface area (Å²) >= 11 is 0. The molecule has 1 aliphatic rings. The minimum Gasteiger partial charge on any atom is -0.336 e. The van der Waals surface area contributed by atoms with Crippen LogP contribution in [0.15, 0.2) is 71.8 Å². The number of piperazine rings is 1. The first-order chi connectivity index (χ1) is 21.8. The zero-order chi connectivity index (χ0) is 31.9. The molecule has 2 aromatic carbocycles. The van der Waals surface area contributed by atoms with Gasteiger partial charge in [0.25, 0.3) is 17.4 Å². The Bertz CT molecular complexity index is 1720. The first-order valence-corrected chi connectivity index (χ1v) is 15.6. The molecule has 2 amide bonds. The summed E-state index contributed by atoms with van der Waals surface area (Å²) < 4.78 is 1.48. The van der Waals surface area contributed by atoms with Gasteiger partial charge in [0.05, 0.1) is 17.0 Å². The van der Waals surface area contributed by atoms with Gasteiger partial charge in [-0.2, -0.15) is 0 Å². The topological polar surface area (TPSA) is 112 Å². The van der Waals surface area contributed by atoms with Gasteiger partial charge in [-0.1, -0.05) is 32.4 Å². The molecule has 234 valence electrons. The molecule has 2 aromatic heterocycles. The van der Waals surface area contributed by atoms with E-state index < -0.39 is 0 Å². The third-order valence-electron chi connectivity index (χ3n) is 8.33. The molecule has 4 aromatic rings. The van der Waals surface area contributed by atoms with E-state index in [1.165, 1.54) is 4.57 Å². The highest BCUT2D eigenvalue weighted by atomic mass is 16.2. The number of carbonyl (C=O) groups is 2. The standard InChI is InChI=1S/C35H41N7O3/c1-5-7-12-30-28(11-9-18-36-30)33(43)39-29-13-8-10-27(24(29)3)31-23-40(4)35(45)32(38-31)37-26-16-14-25(15-17-26)34(44)42-21-19-41(6-2)20-22-42/h8-11,13-18,23H,5-7,12,19-22H2,1-4H3,(H,37,38)(H,39,43). The van der Waals surface area contributed by atoms with Crippen LogP contribution in [0.5, 0.6) is 0 Å². The van der Waals surface area contributed by atoms with Gasteiger partial charge < -0.3 is 25.0 Å². The predicted molar refractivity (Wildman–Crippen MR) is 178 cm³/mol. The summed E-state index contributed by atoms with van der Waals surface area (Å²) in [5.41, 5.74) is 5.17. The van der Waals surface area contributed by atoms with Crippen LogP contribution in [0.25, 0.3) is 11.3 Å². The minimum atomic E-state index is -0.286. The van der Waals surface area contributed by atoms with Gasteiger partial charge in [0.15, 0.2) is 5.82 Å². The Labute approximate surface area is 264 Å². The monoisotopic (exact) mass is 607 g/mol. The minimum absolute atomic E-state index is 0.0106. The van der Waals surface area contributed by atoms with Gasteiger partial charge in [-0.15, -0.1) is 0 Å². The highest BCUT2D eigenvalue weighted by molar-refractivity contribution is 6.05. The number of carbonyl (C=O) groups excluding carboxylic acids is 2. The van der Waals surface area contributed by atoms with Crippen LogP contribution in [0.1, 0.15) is 58.7 Å². The Morgan fingerprint density at radius 2 is 1.71 bits per heavy atom. The van der Waals surface area contributed by atoms with E-state index in [0.29, 0.717) is 41.3 Å². The summed E-state index contributed by atoms with van der Waals surface area (Å²) in [6.45, 7) is 10.3. The highest BCUT2D eigenvalue weighted by Gasteiger charge is 2.21. The molecule has 0 bridgehead atoms. The van der Waals surface area contributed by atoms with Crippen molar-refractivity contribution in [3.05, 3.63) is 99.7 Å². The van der Waals surface area contributed by atoms with Crippen molar-refractivity contribution in [1.82, 2.24) is 24.3 Å². The molecule has 0 aliphatic carbocycles. The SMILES string of the molecule is CCCCc1ncccc1C(=O)Nc1cccc(-c2cn(C)c(=O)c(Nc3ccc(C(=O)N4CCN(CC)CC4)cc3)n2)c1C. The van der Waals surface area contributed by atoms with Crippen molar-refractivity contribution in [2.45, 2.75) is 40.0 Å². The van der Waals surface area contributed by atoms with Crippen LogP contribution in [0.4, 0.5) is 17.2 Å². The normalized spacial score (nSPS) is 13.5. The summed E-state index contributed by atoms with van der Waals surface area (Å²) in [7, 11) is 1.68. The van der Waals surface area contributed by atoms with E-state index in [0.717, 1.165) is 55.7 Å². The Hall–Kier alpha value is -4.83. The molecular weight excluding hydrogens is 566 g/mol. The number of amides is 2. The average Bonchev–Trinajstić information content (AvgIpc) is 3.07. The fourth-order valence-electron chi connectivity index (χ4n) is 5.53. The highest BCUT2D eigenvalue weighted by Crippen LogP contribution is 2.28. The van der Waals surface area contributed by atoms with Crippen molar-refractivity contribution in [2.75, 3.05) is 43.4 Å². The third kappa shape index (κ3) is 7.29. The fraction of sp³-hybridized carbons (Fsp3) is 0.343. The maximum Gasteiger partial charge on any atom is 0.293 e. The first-order valence-electron chi connectivity index (χ1n) is 15.6. The molecule has 5 rings (SSSR count). The second-order valence-corrected chi connectivity index (χ2v) is 11.4. The number of hydrogen-bond acceptors (Lipinski definition) is 7. The molecule has 1 saturated heterocycles. The predicted octanol–water partition coefficient (Wildman–Crippen LogP) is 5.27. The Kier molecular flexibility index (Phi) is 10.0. The van der Waals surface area contributed by atoms with E-state index in [9.17, 15) is 14.4 Å². The summed E-state index contributed by atoms with van der Waals surface area (Å²) in [4.78, 5) is 52.7. The number of rotatable bonds is 10. The molecular formula is C35H41N7O3. The van der Waals surface area contributed by atoms with Crippen LogP contribution >= 0.6 is 0 Å². The van der Waals surface area contributed by atoms with Gasteiger partial charge >= 0.3 is 0 Å². The van der Waals surface area contributed by atoms with E-state index in [-0.39, 0.29) is 23.2 Å². The van der Waals surface area contributed by atoms with Crippen LogP contribution in [0.2, 0.25) is 0 Å². The number of nitrogens with zero attached hydrogens (tertiary/aromatic N) is 5. The summed E-state index contributed by atoms with van der Waals surface area (Å²) in [6.07, 6.45) is 6.12. The van der Waals surface area contributed by atoms with Gasteiger partial charge in [0, 0.05) is 68.1 Å². The summed E-state index contributed by atoms with van der Waals surface area (Å²) in [6, 6.07) is 16.3. The maximum absolute atomic E-state index is 13.3. The van der Waals surface area contributed by atoms with E-state index in [4.69, 9.17) is 0 Å². The number of likely N-dealkylation sites (N-methyl/N-ethyl adjacent to an activating group) is 1. The zero-order valence-corrected chi connectivity index (χ0v) is 26.5. The molecule has 0 unspecified atom stereocenters. The Balaban J connectivity index is 1.34.